The summed E-state index contributed by atoms with van der Waals surface area (Å²) in [5, 5.41) is 6.18. The van der Waals surface area contributed by atoms with E-state index in [-0.39, 0.29) is 12.5 Å². The number of carbonyl (C=O) groups is 1. The van der Waals surface area contributed by atoms with E-state index in [0.717, 1.165) is 16.9 Å². The highest BCUT2D eigenvalue weighted by molar-refractivity contribution is 14.1. The number of amides is 1. The van der Waals surface area contributed by atoms with Gasteiger partial charge in [0, 0.05) is 14.9 Å². The number of para-hydroxylation sites is 1. The molecule has 116 valence electrons. The van der Waals surface area contributed by atoms with Crippen molar-refractivity contribution in [1.82, 2.24) is 0 Å². The van der Waals surface area contributed by atoms with Gasteiger partial charge in [-0.05, 0) is 70.8 Å². The number of nitrogens with one attached hydrogen (secondary N) is 2. The molecule has 4 heteroatoms. The van der Waals surface area contributed by atoms with Gasteiger partial charge in [-0.15, -0.1) is 0 Å². The molecule has 22 heavy (non-hydrogen) atoms. The van der Waals surface area contributed by atoms with Crippen molar-refractivity contribution in [1.29, 1.82) is 0 Å². The number of benzene rings is 2. The van der Waals surface area contributed by atoms with Crippen LogP contribution in [0.1, 0.15) is 30.9 Å². The molecule has 0 spiro atoms. The van der Waals surface area contributed by atoms with Crippen LogP contribution in [0.2, 0.25) is 0 Å². The predicted molar refractivity (Wildman–Crippen MR) is 102 cm³/mol. The van der Waals surface area contributed by atoms with E-state index in [2.05, 4.69) is 53.1 Å². The number of rotatable bonds is 5. The molecule has 0 unspecified atom stereocenters. The first-order valence-corrected chi connectivity index (χ1v) is 8.44. The summed E-state index contributed by atoms with van der Waals surface area (Å²) < 4.78 is 1.18. The first-order valence-electron chi connectivity index (χ1n) is 7.36. The molecule has 2 N–H and O–H groups in total. The summed E-state index contributed by atoms with van der Waals surface area (Å²) in [6, 6.07) is 14.1. The van der Waals surface area contributed by atoms with Gasteiger partial charge in [-0.1, -0.05) is 32.0 Å². The second kappa shape index (κ2) is 7.63. The number of carbonyl (C=O) groups excluding carboxylic acids is 1. The van der Waals surface area contributed by atoms with Crippen molar-refractivity contribution in [3.05, 3.63) is 57.2 Å². The zero-order chi connectivity index (χ0) is 16.1. The molecule has 0 atom stereocenters. The van der Waals surface area contributed by atoms with Crippen molar-refractivity contribution < 1.29 is 4.79 Å². The largest absolute Gasteiger partial charge is 0.376 e. The molecule has 0 aromatic heterocycles. The fourth-order valence-electron chi connectivity index (χ4n) is 2.28. The molecule has 0 aliphatic heterocycles. The highest BCUT2D eigenvalue weighted by Crippen LogP contribution is 2.27. The fraction of sp³-hybridized carbons (Fsp3) is 0.278. The second-order valence-electron chi connectivity index (χ2n) is 5.60. The van der Waals surface area contributed by atoms with Crippen LogP contribution in [0.15, 0.2) is 42.5 Å². The van der Waals surface area contributed by atoms with Crippen LogP contribution in [0.25, 0.3) is 0 Å². The fourth-order valence-corrected chi connectivity index (χ4v) is 2.64. The first-order chi connectivity index (χ1) is 10.5. The third kappa shape index (κ3) is 4.47. The van der Waals surface area contributed by atoms with Gasteiger partial charge in [0.05, 0.1) is 6.54 Å². The maximum Gasteiger partial charge on any atom is 0.243 e. The zero-order valence-corrected chi connectivity index (χ0v) is 15.3. The minimum absolute atomic E-state index is 0.0326. The topological polar surface area (TPSA) is 41.1 Å². The Balaban J connectivity index is 2.02. The minimum Gasteiger partial charge on any atom is -0.376 e. The SMILES string of the molecule is Cc1cccc(C(C)C)c1NC(=O)CNc1ccc(I)cc1. The van der Waals surface area contributed by atoms with Gasteiger partial charge >= 0.3 is 0 Å². The molecule has 0 fully saturated rings. The molecule has 2 aromatic carbocycles. The molecule has 3 nitrogen and oxygen atoms in total. The summed E-state index contributed by atoms with van der Waals surface area (Å²) in [7, 11) is 0. The molecule has 0 saturated heterocycles. The van der Waals surface area contributed by atoms with Crippen molar-refractivity contribution in [3.8, 4) is 0 Å². The molecule has 2 aromatic rings. The lowest BCUT2D eigenvalue weighted by Gasteiger charge is -2.16. The van der Waals surface area contributed by atoms with Crippen molar-refractivity contribution in [2.45, 2.75) is 26.7 Å². The van der Waals surface area contributed by atoms with Crippen LogP contribution in [0.3, 0.4) is 0 Å². The lowest BCUT2D eigenvalue weighted by molar-refractivity contribution is -0.114. The van der Waals surface area contributed by atoms with Crippen molar-refractivity contribution >= 4 is 39.9 Å². The van der Waals surface area contributed by atoms with Crippen molar-refractivity contribution in [3.63, 3.8) is 0 Å². The second-order valence-corrected chi connectivity index (χ2v) is 6.85. The summed E-state index contributed by atoms with van der Waals surface area (Å²) in [5.41, 5.74) is 4.15. The highest BCUT2D eigenvalue weighted by Gasteiger charge is 2.11. The molecule has 2 rings (SSSR count). The van der Waals surface area contributed by atoms with E-state index >= 15 is 0 Å². The molecule has 1 amide bonds. The van der Waals surface area contributed by atoms with Gasteiger partial charge in [-0.2, -0.15) is 0 Å². The Bertz CT molecular complexity index is 651. The lowest BCUT2D eigenvalue weighted by atomic mass is 9.98. The highest BCUT2D eigenvalue weighted by atomic mass is 127. The summed E-state index contributed by atoms with van der Waals surface area (Å²) in [5.74, 6) is 0.342. The maximum atomic E-state index is 12.2. The Kier molecular flexibility index (Phi) is 5.83. The van der Waals surface area contributed by atoms with Gasteiger partial charge in [0.25, 0.3) is 0 Å². The smallest absolute Gasteiger partial charge is 0.243 e. The Morgan fingerprint density at radius 1 is 1.14 bits per heavy atom. The van der Waals surface area contributed by atoms with E-state index in [4.69, 9.17) is 0 Å². The summed E-state index contributed by atoms with van der Waals surface area (Å²) in [6.07, 6.45) is 0. The Labute approximate surface area is 145 Å². The minimum atomic E-state index is -0.0326. The molecule has 0 heterocycles. The van der Waals surface area contributed by atoms with Crippen LogP contribution in [0.5, 0.6) is 0 Å². The summed E-state index contributed by atoms with van der Waals surface area (Å²) >= 11 is 2.26. The Morgan fingerprint density at radius 2 is 1.82 bits per heavy atom. The molecule has 0 radical (unpaired) electrons. The van der Waals surface area contributed by atoms with Gasteiger partial charge in [0.2, 0.25) is 5.91 Å². The van der Waals surface area contributed by atoms with Gasteiger partial charge in [0.1, 0.15) is 0 Å². The van der Waals surface area contributed by atoms with E-state index < -0.39 is 0 Å². The third-order valence-corrected chi connectivity index (χ3v) is 4.21. The van der Waals surface area contributed by atoms with E-state index in [1.807, 2.05) is 43.3 Å². The third-order valence-electron chi connectivity index (χ3n) is 3.49. The average Bonchev–Trinajstić information content (AvgIpc) is 2.48. The maximum absolute atomic E-state index is 12.2. The molecular weight excluding hydrogens is 387 g/mol. The average molecular weight is 408 g/mol. The molecule has 0 bridgehead atoms. The van der Waals surface area contributed by atoms with Crippen molar-refractivity contribution in [2.24, 2.45) is 0 Å². The Hall–Kier alpha value is -1.56. The Morgan fingerprint density at radius 3 is 2.45 bits per heavy atom. The van der Waals surface area contributed by atoms with Crippen LogP contribution in [-0.4, -0.2) is 12.5 Å². The summed E-state index contributed by atoms with van der Waals surface area (Å²) in [6.45, 7) is 6.54. The van der Waals surface area contributed by atoms with Crippen LogP contribution in [-0.2, 0) is 4.79 Å². The molecule has 0 aliphatic carbocycles. The van der Waals surface area contributed by atoms with Gasteiger partial charge in [-0.25, -0.2) is 0 Å². The van der Waals surface area contributed by atoms with Crippen LogP contribution < -0.4 is 10.6 Å². The monoisotopic (exact) mass is 408 g/mol. The number of hydrogen-bond acceptors (Lipinski definition) is 2. The standard InChI is InChI=1S/C18H21IN2O/c1-12(2)16-6-4-5-13(3)18(16)21-17(22)11-20-15-9-7-14(19)8-10-15/h4-10,12,20H,11H2,1-3H3,(H,21,22). The number of hydrogen-bond donors (Lipinski definition) is 2. The van der Waals surface area contributed by atoms with E-state index in [0.29, 0.717) is 5.92 Å². The van der Waals surface area contributed by atoms with Crippen LogP contribution >= 0.6 is 22.6 Å². The van der Waals surface area contributed by atoms with E-state index in [9.17, 15) is 4.79 Å². The summed E-state index contributed by atoms with van der Waals surface area (Å²) in [4.78, 5) is 12.2. The van der Waals surface area contributed by atoms with E-state index in [1.165, 1.54) is 9.13 Å². The van der Waals surface area contributed by atoms with Gasteiger partial charge in [0.15, 0.2) is 0 Å². The predicted octanol–water partition coefficient (Wildman–Crippen LogP) is 4.77. The van der Waals surface area contributed by atoms with E-state index in [1.54, 1.807) is 0 Å². The van der Waals surface area contributed by atoms with Crippen molar-refractivity contribution in [2.75, 3.05) is 17.2 Å². The first kappa shape index (κ1) is 16.8. The molecule has 0 aliphatic rings. The van der Waals surface area contributed by atoms with Crippen LogP contribution in [0.4, 0.5) is 11.4 Å². The van der Waals surface area contributed by atoms with Gasteiger partial charge in [-0.3, -0.25) is 4.79 Å². The quantitative estimate of drug-likeness (QED) is 0.700. The molecular formula is C18H21IN2O. The number of aryl methyl sites for hydroxylation is 1. The number of halogens is 1. The van der Waals surface area contributed by atoms with Crippen LogP contribution in [0, 0.1) is 10.5 Å². The normalized spacial score (nSPS) is 10.6. The van der Waals surface area contributed by atoms with Gasteiger partial charge < -0.3 is 10.6 Å². The lowest BCUT2D eigenvalue weighted by Crippen LogP contribution is -2.23. The molecule has 0 saturated carbocycles. The zero-order valence-electron chi connectivity index (χ0n) is 13.1. The number of anilines is 2.